The van der Waals surface area contributed by atoms with Gasteiger partial charge in [0.1, 0.15) is 13.2 Å². The lowest BCUT2D eigenvalue weighted by Crippen LogP contribution is -2.29. The quantitative estimate of drug-likeness (QED) is 0.866. The minimum Gasteiger partial charge on any atom is -0.486 e. The molecule has 1 atom stereocenters. The molecule has 8 heteroatoms. The first kappa shape index (κ1) is 15.1. The smallest absolute Gasteiger partial charge is 0.254 e. The molecule has 1 fully saturated rings. The Kier molecular flexibility index (Phi) is 3.72. The van der Waals surface area contributed by atoms with Crippen LogP contribution in [0.25, 0.3) is 0 Å². The lowest BCUT2D eigenvalue weighted by atomic mass is 10.0. The van der Waals surface area contributed by atoms with Crippen LogP contribution in [0, 0.1) is 0 Å². The third-order valence-electron chi connectivity index (χ3n) is 4.43. The van der Waals surface area contributed by atoms with E-state index in [2.05, 4.69) is 10.2 Å². The Morgan fingerprint density at radius 2 is 2.21 bits per heavy atom. The van der Waals surface area contributed by atoms with Crippen molar-refractivity contribution in [3.05, 3.63) is 34.6 Å². The van der Waals surface area contributed by atoms with E-state index in [1.54, 1.807) is 23.2 Å². The second-order valence-corrected chi connectivity index (χ2v) is 6.37. The summed E-state index contributed by atoms with van der Waals surface area (Å²) in [5.41, 5.74) is 7.94. The van der Waals surface area contributed by atoms with E-state index in [-0.39, 0.29) is 11.8 Å². The van der Waals surface area contributed by atoms with Gasteiger partial charge in [-0.1, -0.05) is 11.6 Å². The summed E-state index contributed by atoms with van der Waals surface area (Å²) in [7, 11) is 0. The van der Waals surface area contributed by atoms with Crippen molar-refractivity contribution >= 4 is 23.2 Å². The monoisotopic (exact) mass is 348 g/mol. The molecule has 2 aliphatic heterocycles. The maximum absolute atomic E-state index is 12.8. The number of halogens is 1. The Labute approximate surface area is 143 Å². The largest absolute Gasteiger partial charge is 0.486 e. The predicted molar refractivity (Wildman–Crippen MR) is 88.7 cm³/mol. The van der Waals surface area contributed by atoms with Crippen LogP contribution in [0.3, 0.4) is 0 Å². The zero-order valence-electron chi connectivity index (χ0n) is 12.9. The number of aromatic amines is 1. The van der Waals surface area contributed by atoms with Crippen molar-refractivity contribution in [2.75, 3.05) is 32.0 Å². The molecular formula is C16H17ClN4O3. The average molecular weight is 349 g/mol. The lowest BCUT2D eigenvalue weighted by molar-refractivity contribution is 0.0789. The van der Waals surface area contributed by atoms with E-state index in [0.29, 0.717) is 54.1 Å². The number of nitrogen functional groups attached to an aromatic ring is 1. The van der Waals surface area contributed by atoms with E-state index in [1.807, 2.05) is 0 Å². The Hall–Kier alpha value is -2.41. The molecule has 1 aromatic heterocycles. The van der Waals surface area contributed by atoms with Gasteiger partial charge in [-0.3, -0.25) is 9.89 Å². The number of rotatable bonds is 2. The summed E-state index contributed by atoms with van der Waals surface area (Å²) in [5, 5.41) is 7.27. The average Bonchev–Trinajstić information content (AvgIpc) is 3.22. The van der Waals surface area contributed by atoms with E-state index < -0.39 is 0 Å². The number of benzene rings is 1. The highest BCUT2D eigenvalue weighted by Crippen LogP contribution is 2.39. The van der Waals surface area contributed by atoms with Gasteiger partial charge in [-0.2, -0.15) is 5.10 Å². The molecule has 4 rings (SSSR count). The second kappa shape index (κ2) is 5.90. The van der Waals surface area contributed by atoms with E-state index in [1.165, 1.54) is 0 Å². The van der Waals surface area contributed by atoms with Crippen molar-refractivity contribution in [2.45, 2.75) is 12.3 Å². The number of carbonyl (C=O) groups excluding carboxylic acids is 1. The molecule has 7 nitrogen and oxygen atoms in total. The van der Waals surface area contributed by atoms with Crippen LogP contribution in [0.2, 0.25) is 5.02 Å². The van der Waals surface area contributed by atoms with Crippen molar-refractivity contribution in [1.29, 1.82) is 0 Å². The summed E-state index contributed by atoms with van der Waals surface area (Å²) in [6, 6.07) is 3.33. The normalized spacial score (nSPS) is 19.5. The highest BCUT2D eigenvalue weighted by molar-refractivity contribution is 6.32. The molecule has 1 amide bonds. The highest BCUT2D eigenvalue weighted by atomic mass is 35.5. The number of ether oxygens (including phenoxy) is 2. The molecule has 126 valence electrons. The zero-order valence-corrected chi connectivity index (χ0v) is 13.7. The SMILES string of the molecule is Nc1cn[nH]c1C1CCN(C(=O)c2cc(Cl)c3c(c2)OCCO3)C1. The molecule has 0 saturated carbocycles. The topological polar surface area (TPSA) is 93.5 Å². The van der Waals surface area contributed by atoms with Gasteiger partial charge in [0.25, 0.3) is 5.91 Å². The molecule has 0 aliphatic carbocycles. The summed E-state index contributed by atoms with van der Waals surface area (Å²) >= 11 is 6.22. The van der Waals surface area contributed by atoms with Crippen molar-refractivity contribution in [1.82, 2.24) is 15.1 Å². The van der Waals surface area contributed by atoms with Gasteiger partial charge in [0, 0.05) is 24.6 Å². The molecule has 1 saturated heterocycles. The summed E-state index contributed by atoms with van der Waals surface area (Å²) in [6.45, 7) is 2.16. The zero-order chi connectivity index (χ0) is 16.7. The highest BCUT2D eigenvalue weighted by Gasteiger charge is 2.31. The standard InChI is InChI=1S/C16H17ClN4O3/c17-11-5-10(6-13-15(11)24-4-3-23-13)16(22)21-2-1-9(8-21)14-12(18)7-19-20-14/h5-7,9H,1-4,8,18H2,(H,19,20). The van der Waals surface area contributed by atoms with Crippen LogP contribution in [-0.2, 0) is 0 Å². The fraction of sp³-hybridized carbons (Fsp3) is 0.375. The molecule has 3 heterocycles. The van der Waals surface area contributed by atoms with Crippen LogP contribution in [-0.4, -0.2) is 47.3 Å². The maximum atomic E-state index is 12.8. The minimum absolute atomic E-state index is 0.0746. The van der Waals surface area contributed by atoms with Crippen LogP contribution >= 0.6 is 11.6 Å². The van der Waals surface area contributed by atoms with Gasteiger partial charge >= 0.3 is 0 Å². The van der Waals surface area contributed by atoms with E-state index in [0.717, 1.165) is 12.1 Å². The fourth-order valence-electron chi connectivity index (χ4n) is 3.23. The Balaban J connectivity index is 1.54. The van der Waals surface area contributed by atoms with Crippen LogP contribution in [0.1, 0.15) is 28.4 Å². The summed E-state index contributed by atoms with van der Waals surface area (Å²) < 4.78 is 11.0. The number of H-pyrrole nitrogens is 1. The molecule has 0 radical (unpaired) electrons. The van der Waals surface area contributed by atoms with Crippen molar-refractivity contribution < 1.29 is 14.3 Å². The first-order chi connectivity index (χ1) is 11.6. The molecule has 1 unspecified atom stereocenters. The number of anilines is 1. The number of likely N-dealkylation sites (tertiary alicyclic amines) is 1. The molecule has 2 aromatic rings. The number of aromatic nitrogens is 2. The summed E-state index contributed by atoms with van der Waals surface area (Å²) in [5.74, 6) is 1.12. The maximum Gasteiger partial charge on any atom is 0.254 e. The number of hydrogen-bond donors (Lipinski definition) is 2. The first-order valence-corrected chi connectivity index (χ1v) is 8.18. The van der Waals surface area contributed by atoms with Gasteiger partial charge in [-0.05, 0) is 18.6 Å². The lowest BCUT2D eigenvalue weighted by Gasteiger charge is -2.22. The third-order valence-corrected chi connectivity index (χ3v) is 4.71. The van der Waals surface area contributed by atoms with Crippen LogP contribution < -0.4 is 15.2 Å². The number of carbonyl (C=O) groups is 1. The Bertz CT molecular complexity index is 792. The van der Waals surface area contributed by atoms with Crippen molar-refractivity contribution in [3.63, 3.8) is 0 Å². The van der Waals surface area contributed by atoms with Crippen molar-refractivity contribution in [3.8, 4) is 11.5 Å². The predicted octanol–water partition coefficient (Wildman–Crippen LogP) is 2.05. The molecule has 0 spiro atoms. The number of nitrogens with two attached hydrogens (primary N) is 1. The number of nitrogens with one attached hydrogen (secondary N) is 1. The van der Waals surface area contributed by atoms with Gasteiger partial charge in [-0.25, -0.2) is 0 Å². The van der Waals surface area contributed by atoms with E-state index in [9.17, 15) is 4.79 Å². The number of hydrogen-bond acceptors (Lipinski definition) is 5. The third kappa shape index (κ3) is 2.54. The van der Waals surface area contributed by atoms with Crippen LogP contribution in [0.4, 0.5) is 5.69 Å². The van der Waals surface area contributed by atoms with Crippen molar-refractivity contribution in [2.24, 2.45) is 0 Å². The van der Waals surface area contributed by atoms with E-state index in [4.69, 9.17) is 26.8 Å². The number of amides is 1. The van der Waals surface area contributed by atoms with Crippen LogP contribution in [0.15, 0.2) is 18.3 Å². The molecule has 1 aromatic carbocycles. The Morgan fingerprint density at radius 3 is 3.00 bits per heavy atom. The molecule has 2 aliphatic rings. The molecule has 24 heavy (non-hydrogen) atoms. The minimum atomic E-state index is -0.0746. The molecular weight excluding hydrogens is 332 g/mol. The number of nitrogens with zero attached hydrogens (tertiary/aromatic N) is 2. The van der Waals surface area contributed by atoms with Gasteiger partial charge < -0.3 is 20.1 Å². The Morgan fingerprint density at radius 1 is 1.38 bits per heavy atom. The van der Waals surface area contributed by atoms with E-state index >= 15 is 0 Å². The van der Waals surface area contributed by atoms with Gasteiger partial charge in [0.15, 0.2) is 11.5 Å². The second-order valence-electron chi connectivity index (χ2n) is 5.96. The molecule has 3 N–H and O–H groups in total. The van der Waals surface area contributed by atoms with Gasteiger partial charge in [0.05, 0.1) is 22.6 Å². The number of fused-ring (bicyclic) bond motifs is 1. The molecule has 0 bridgehead atoms. The summed E-state index contributed by atoms with van der Waals surface area (Å²) in [4.78, 5) is 14.6. The van der Waals surface area contributed by atoms with Gasteiger partial charge in [-0.15, -0.1) is 0 Å². The van der Waals surface area contributed by atoms with Crippen LogP contribution in [0.5, 0.6) is 11.5 Å². The van der Waals surface area contributed by atoms with Gasteiger partial charge in [0.2, 0.25) is 0 Å². The fourth-order valence-corrected chi connectivity index (χ4v) is 3.49. The first-order valence-electron chi connectivity index (χ1n) is 7.80. The summed E-state index contributed by atoms with van der Waals surface area (Å²) in [6.07, 6.45) is 2.44.